The molecule has 2 aromatic rings. The summed E-state index contributed by atoms with van der Waals surface area (Å²) in [6, 6.07) is 8.55. The monoisotopic (exact) mass is 430 g/mol. The number of phenols is 2. The zero-order valence-corrected chi connectivity index (χ0v) is 20.6. The summed E-state index contributed by atoms with van der Waals surface area (Å²) in [5.41, 5.74) is 7.59. The third-order valence-corrected chi connectivity index (χ3v) is 11.5. The van der Waals surface area contributed by atoms with Crippen LogP contribution in [0.15, 0.2) is 24.3 Å². The highest BCUT2D eigenvalue weighted by Crippen LogP contribution is 2.74. The summed E-state index contributed by atoms with van der Waals surface area (Å²) in [5, 5.41) is 22.1. The van der Waals surface area contributed by atoms with Crippen LogP contribution in [0.1, 0.15) is 88.5 Å². The van der Waals surface area contributed by atoms with E-state index in [0.29, 0.717) is 22.3 Å². The Labute approximate surface area is 193 Å². The summed E-state index contributed by atoms with van der Waals surface area (Å²) < 4.78 is 0. The maximum atomic E-state index is 11.1. The predicted octanol–water partition coefficient (Wildman–Crippen LogP) is 7.54. The fraction of sp³-hybridized carbons (Fsp3) is 0.600. The third kappa shape index (κ3) is 2.32. The molecule has 2 N–H and O–H groups in total. The van der Waals surface area contributed by atoms with Crippen LogP contribution >= 0.6 is 0 Å². The molecule has 6 rings (SSSR count). The van der Waals surface area contributed by atoms with Crippen molar-refractivity contribution in [2.45, 2.75) is 90.9 Å². The lowest BCUT2D eigenvalue weighted by Gasteiger charge is -2.36. The Hall–Kier alpha value is -1.96. The van der Waals surface area contributed by atoms with Gasteiger partial charge in [0.1, 0.15) is 11.5 Å². The predicted molar refractivity (Wildman–Crippen MR) is 130 cm³/mol. The van der Waals surface area contributed by atoms with Gasteiger partial charge in [0.25, 0.3) is 0 Å². The average Bonchev–Trinajstić information content (AvgIpc) is 3.55. The van der Waals surface area contributed by atoms with Crippen molar-refractivity contribution in [1.29, 1.82) is 0 Å². The smallest absolute Gasteiger partial charge is 0.119 e. The molecular weight excluding hydrogens is 392 g/mol. The number of fused-ring (bicyclic) bond motifs is 2. The highest BCUT2D eigenvalue weighted by Gasteiger charge is 2.67. The van der Waals surface area contributed by atoms with Gasteiger partial charge in [-0.2, -0.15) is 0 Å². The molecule has 0 heterocycles. The molecule has 0 bridgehead atoms. The number of rotatable bonds is 3. The summed E-state index contributed by atoms with van der Waals surface area (Å²) >= 11 is 0. The fourth-order valence-electron chi connectivity index (χ4n) is 8.33. The molecule has 4 fully saturated rings. The maximum Gasteiger partial charge on any atom is 0.119 e. The van der Waals surface area contributed by atoms with Gasteiger partial charge in [-0.1, -0.05) is 27.7 Å². The molecule has 0 spiro atoms. The van der Waals surface area contributed by atoms with Crippen molar-refractivity contribution in [3.05, 3.63) is 46.5 Å². The highest BCUT2D eigenvalue weighted by molar-refractivity contribution is 5.75. The lowest BCUT2D eigenvalue weighted by Crippen LogP contribution is -2.29. The van der Waals surface area contributed by atoms with Crippen LogP contribution in [0.3, 0.4) is 0 Å². The first-order valence-corrected chi connectivity index (χ1v) is 12.6. The van der Waals surface area contributed by atoms with E-state index in [9.17, 15) is 10.2 Å². The average molecular weight is 431 g/mol. The summed E-state index contributed by atoms with van der Waals surface area (Å²) in [6.45, 7) is 13.8. The number of benzene rings is 2. The SMILES string of the molecule is Cc1cc(O)c([C@@]2(C)CCC3C[C@]32C)cc1-c1cc([C@@]2(C)CCC3C[C@]32C)c(O)cc1C. The highest BCUT2D eigenvalue weighted by atomic mass is 16.3. The van der Waals surface area contributed by atoms with Crippen molar-refractivity contribution in [3.8, 4) is 22.6 Å². The van der Waals surface area contributed by atoms with Crippen LogP contribution in [0.25, 0.3) is 11.1 Å². The first kappa shape index (κ1) is 20.6. The molecule has 0 aliphatic heterocycles. The van der Waals surface area contributed by atoms with Crippen molar-refractivity contribution in [1.82, 2.24) is 0 Å². The molecule has 4 aliphatic rings. The van der Waals surface area contributed by atoms with E-state index < -0.39 is 0 Å². The lowest BCUT2D eigenvalue weighted by atomic mass is 9.68. The van der Waals surface area contributed by atoms with Crippen LogP contribution in [-0.2, 0) is 10.8 Å². The van der Waals surface area contributed by atoms with E-state index in [0.717, 1.165) is 46.9 Å². The molecule has 0 radical (unpaired) electrons. The number of phenolic OH excluding ortho intramolecular Hbond substituents is 2. The van der Waals surface area contributed by atoms with Crippen LogP contribution in [0.4, 0.5) is 0 Å². The zero-order chi connectivity index (χ0) is 22.8. The van der Waals surface area contributed by atoms with Gasteiger partial charge in [0, 0.05) is 22.0 Å². The normalized spacial score (nSPS) is 41.4. The van der Waals surface area contributed by atoms with Gasteiger partial charge in [0.15, 0.2) is 0 Å². The molecule has 2 nitrogen and oxygen atoms in total. The summed E-state index contributed by atoms with van der Waals surface area (Å²) in [6.07, 6.45) is 7.43. The Morgan fingerprint density at radius 2 is 1.03 bits per heavy atom. The quantitative estimate of drug-likeness (QED) is 0.528. The standard InChI is InChI=1S/C30H38O2/c1-17-11-25(31)23(27(3)9-7-19-15-29(19,27)5)13-21(17)22-14-24(26(32)12-18(22)2)28(4)10-8-20-16-30(20,28)6/h11-14,19-20,31-32H,7-10,15-16H2,1-6H3/t19?,20?,27-,28-,29-,30-/m1/s1. The Morgan fingerprint density at radius 1 is 0.656 bits per heavy atom. The minimum absolute atomic E-state index is 0.0317. The van der Waals surface area contributed by atoms with Crippen LogP contribution in [0, 0.1) is 36.5 Å². The van der Waals surface area contributed by atoms with E-state index in [-0.39, 0.29) is 10.8 Å². The van der Waals surface area contributed by atoms with Crippen molar-refractivity contribution in [2.75, 3.05) is 0 Å². The topological polar surface area (TPSA) is 40.5 Å². The number of hydrogen-bond acceptors (Lipinski definition) is 2. The van der Waals surface area contributed by atoms with Gasteiger partial charge in [-0.15, -0.1) is 0 Å². The third-order valence-electron chi connectivity index (χ3n) is 11.5. The Kier molecular flexibility index (Phi) is 3.82. The van der Waals surface area contributed by atoms with E-state index >= 15 is 0 Å². The van der Waals surface area contributed by atoms with Crippen LogP contribution < -0.4 is 0 Å². The molecular formula is C30H38O2. The second kappa shape index (κ2) is 5.93. The minimum Gasteiger partial charge on any atom is -0.508 e. The Balaban J connectivity index is 1.51. The maximum absolute atomic E-state index is 11.1. The number of aromatic hydroxyl groups is 2. The molecule has 4 aliphatic carbocycles. The molecule has 2 unspecified atom stereocenters. The molecule has 170 valence electrons. The molecule has 2 heteroatoms. The molecule has 2 aromatic carbocycles. The second-order valence-corrected chi connectivity index (χ2v) is 12.7. The van der Waals surface area contributed by atoms with Gasteiger partial charge in [0.05, 0.1) is 0 Å². The van der Waals surface area contributed by atoms with Gasteiger partial charge in [-0.25, -0.2) is 0 Å². The van der Waals surface area contributed by atoms with E-state index in [1.807, 2.05) is 12.1 Å². The van der Waals surface area contributed by atoms with Crippen molar-refractivity contribution in [2.24, 2.45) is 22.7 Å². The van der Waals surface area contributed by atoms with Crippen LogP contribution in [0.2, 0.25) is 0 Å². The molecule has 4 saturated carbocycles. The lowest BCUT2D eigenvalue weighted by molar-refractivity contribution is 0.298. The first-order valence-electron chi connectivity index (χ1n) is 12.6. The van der Waals surface area contributed by atoms with Crippen molar-refractivity contribution >= 4 is 0 Å². The molecule has 0 saturated heterocycles. The summed E-state index contributed by atoms with van der Waals surface area (Å²) in [7, 11) is 0. The van der Waals surface area contributed by atoms with Crippen LogP contribution in [0.5, 0.6) is 11.5 Å². The largest absolute Gasteiger partial charge is 0.508 e. The Morgan fingerprint density at radius 3 is 1.31 bits per heavy atom. The first-order chi connectivity index (χ1) is 14.9. The van der Waals surface area contributed by atoms with Gasteiger partial charge in [0.2, 0.25) is 0 Å². The molecule has 0 amide bonds. The van der Waals surface area contributed by atoms with Crippen molar-refractivity contribution < 1.29 is 10.2 Å². The van der Waals surface area contributed by atoms with Gasteiger partial charge in [-0.3, -0.25) is 0 Å². The molecule has 32 heavy (non-hydrogen) atoms. The van der Waals surface area contributed by atoms with Gasteiger partial charge >= 0.3 is 0 Å². The summed E-state index contributed by atoms with van der Waals surface area (Å²) in [5.74, 6) is 2.53. The number of hydrogen-bond donors (Lipinski definition) is 2. The van der Waals surface area contributed by atoms with E-state index in [1.54, 1.807) is 0 Å². The van der Waals surface area contributed by atoms with Crippen LogP contribution in [-0.4, -0.2) is 10.2 Å². The zero-order valence-electron chi connectivity index (χ0n) is 20.6. The van der Waals surface area contributed by atoms with E-state index in [2.05, 4.69) is 53.7 Å². The van der Waals surface area contributed by atoms with Crippen molar-refractivity contribution in [3.63, 3.8) is 0 Å². The van der Waals surface area contributed by atoms with Gasteiger partial charge in [-0.05, 0) is 122 Å². The fourth-order valence-corrected chi connectivity index (χ4v) is 8.33. The minimum atomic E-state index is 0.0317. The number of aryl methyl sites for hydroxylation is 2. The Bertz CT molecular complexity index is 1070. The van der Waals surface area contributed by atoms with E-state index in [4.69, 9.17) is 0 Å². The second-order valence-electron chi connectivity index (χ2n) is 12.7. The summed E-state index contributed by atoms with van der Waals surface area (Å²) in [4.78, 5) is 0. The van der Waals surface area contributed by atoms with E-state index in [1.165, 1.54) is 36.8 Å². The molecule has 0 aromatic heterocycles. The molecule has 6 atom stereocenters. The van der Waals surface area contributed by atoms with Gasteiger partial charge < -0.3 is 10.2 Å².